The molecule has 2 saturated carbocycles. The number of likely N-dealkylation sites (tertiary alicyclic amines) is 1. The van der Waals surface area contributed by atoms with Crippen molar-refractivity contribution in [2.45, 2.75) is 39.3 Å². The van der Waals surface area contributed by atoms with Crippen LogP contribution in [0.1, 0.15) is 37.6 Å². The van der Waals surface area contributed by atoms with Gasteiger partial charge < -0.3 is 10.1 Å². The fourth-order valence-corrected chi connectivity index (χ4v) is 5.70. The summed E-state index contributed by atoms with van der Waals surface area (Å²) in [6.07, 6.45) is 5.12. The number of benzene rings is 1. The highest BCUT2D eigenvalue weighted by Crippen LogP contribution is 2.65. The lowest BCUT2D eigenvalue weighted by Crippen LogP contribution is -2.46. The van der Waals surface area contributed by atoms with E-state index in [4.69, 9.17) is 4.74 Å². The molecule has 7 atom stereocenters. The maximum absolute atomic E-state index is 13.1. The van der Waals surface area contributed by atoms with Gasteiger partial charge in [-0.3, -0.25) is 19.3 Å². The van der Waals surface area contributed by atoms with Crippen molar-refractivity contribution in [1.82, 2.24) is 4.90 Å². The Morgan fingerprint density at radius 1 is 0.968 bits per heavy atom. The fraction of sp³-hybridized carbons (Fsp3) is 0.500. The van der Waals surface area contributed by atoms with Crippen LogP contribution in [0.15, 0.2) is 36.4 Å². The third-order valence-electron chi connectivity index (χ3n) is 7.19. The van der Waals surface area contributed by atoms with E-state index in [-0.39, 0.29) is 41.6 Å². The van der Waals surface area contributed by atoms with Crippen molar-refractivity contribution in [3.63, 3.8) is 0 Å². The smallest absolute Gasteiger partial charge is 0.338 e. The Kier molecular flexibility index (Phi) is 4.53. The van der Waals surface area contributed by atoms with Crippen molar-refractivity contribution >= 4 is 29.4 Å². The first kappa shape index (κ1) is 20.0. The number of hydrogen-bond donors (Lipinski definition) is 1. The van der Waals surface area contributed by atoms with Gasteiger partial charge in [0.25, 0.3) is 0 Å². The lowest BCUT2D eigenvalue weighted by atomic mass is 9.63. The summed E-state index contributed by atoms with van der Waals surface area (Å²) in [4.78, 5) is 52.3. The Morgan fingerprint density at radius 3 is 2.03 bits per heavy atom. The van der Waals surface area contributed by atoms with Gasteiger partial charge >= 0.3 is 5.97 Å². The molecule has 1 aliphatic heterocycles. The minimum atomic E-state index is -0.896. The summed E-state index contributed by atoms with van der Waals surface area (Å²) < 4.78 is 5.15. The van der Waals surface area contributed by atoms with Crippen LogP contribution in [0.3, 0.4) is 0 Å². The van der Waals surface area contributed by atoms with E-state index in [0.29, 0.717) is 23.1 Å². The highest BCUT2D eigenvalue weighted by molar-refractivity contribution is 6.10. The summed E-state index contributed by atoms with van der Waals surface area (Å²) in [6.45, 7) is 5.14. The third-order valence-corrected chi connectivity index (χ3v) is 7.19. The molecule has 7 nitrogen and oxygen atoms in total. The maximum atomic E-state index is 13.1. The molecule has 4 aliphatic carbocycles. The Labute approximate surface area is 180 Å². The van der Waals surface area contributed by atoms with Crippen molar-refractivity contribution < 1.29 is 23.9 Å². The van der Waals surface area contributed by atoms with E-state index in [9.17, 15) is 19.2 Å². The number of hydrogen-bond acceptors (Lipinski definition) is 5. The minimum Gasteiger partial charge on any atom is -0.459 e. The van der Waals surface area contributed by atoms with Gasteiger partial charge in [-0.05, 0) is 75.1 Å². The molecule has 1 saturated heterocycles. The van der Waals surface area contributed by atoms with Gasteiger partial charge in [-0.1, -0.05) is 12.2 Å². The van der Waals surface area contributed by atoms with Crippen molar-refractivity contribution in [2.75, 3.05) is 5.32 Å². The summed E-state index contributed by atoms with van der Waals surface area (Å²) in [5, 5.41) is 2.75. The van der Waals surface area contributed by atoms with Crippen molar-refractivity contribution in [2.24, 2.45) is 35.5 Å². The zero-order valence-corrected chi connectivity index (χ0v) is 17.8. The molecule has 1 aromatic carbocycles. The number of ether oxygens (including phenoxy) is 1. The molecule has 0 radical (unpaired) electrons. The van der Waals surface area contributed by atoms with E-state index in [2.05, 4.69) is 17.5 Å². The predicted octanol–water partition coefficient (Wildman–Crippen LogP) is 2.63. The van der Waals surface area contributed by atoms with Gasteiger partial charge in [0.15, 0.2) is 0 Å². The molecule has 2 bridgehead atoms. The van der Waals surface area contributed by atoms with Crippen molar-refractivity contribution in [3.8, 4) is 0 Å². The van der Waals surface area contributed by atoms with E-state index in [1.807, 2.05) is 0 Å². The summed E-state index contributed by atoms with van der Waals surface area (Å²) in [5.74, 6) is -0.592. The van der Waals surface area contributed by atoms with Gasteiger partial charge in [0.05, 0.1) is 23.5 Å². The number of carbonyl (C=O) groups is 4. The fourth-order valence-electron chi connectivity index (χ4n) is 5.70. The minimum absolute atomic E-state index is 0.134. The number of anilines is 1. The van der Waals surface area contributed by atoms with Gasteiger partial charge in [0, 0.05) is 5.69 Å². The molecule has 7 unspecified atom stereocenters. The monoisotopic (exact) mass is 422 g/mol. The van der Waals surface area contributed by atoms with E-state index in [0.717, 1.165) is 6.42 Å². The molecule has 3 fully saturated rings. The Hall–Kier alpha value is -2.96. The van der Waals surface area contributed by atoms with Crippen LogP contribution in [0.4, 0.5) is 5.69 Å². The van der Waals surface area contributed by atoms with E-state index >= 15 is 0 Å². The first-order chi connectivity index (χ1) is 14.8. The van der Waals surface area contributed by atoms with E-state index in [1.165, 1.54) is 4.90 Å². The molecule has 1 N–H and O–H groups in total. The largest absolute Gasteiger partial charge is 0.459 e. The number of imide groups is 1. The van der Waals surface area contributed by atoms with Gasteiger partial charge in [-0.25, -0.2) is 4.79 Å². The number of rotatable bonds is 5. The summed E-state index contributed by atoms with van der Waals surface area (Å²) in [7, 11) is 0. The molecule has 5 aliphatic rings. The molecule has 0 spiro atoms. The summed E-state index contributed by atoms with van der Waals surface area (Å²) in [6, 6.07) is 5.45. The first-order valence-corrected chi connectivity index (χ1v) is 10.9. The molecule has 3 amide bonds. The Morgan fingerprint density at radius 2 is 1.52 bits per heavy atom. The molecular formula is C24H26N2O5. The number of esters is 1. The van der Waals surface area contributed by atoms with Crippen molar-refractivity contribution in [1.29, 1.82) is 0 Å². The van der Waals surface area contributed by atoms with Gasteiger partial charge in [-0.15, -0.1) is 0 Å². The molecule has 1 aromatic rings. The molecular weight excluding hydrogens is 396 g/mol. The quantitative estimate of drug-likeness (QED) is 0.447. The summed E-state index contributed by atoms with van der Waals surface area (Å²) >= 11 is 0. The second-order valence-electron chi connectivity index (χ2n) is 9.40. The van der Waals surface area contributed by atoms with Crippen molar-refractivity contribution in [3.05, 3.63) is 42.0 Å². The van der Waals surface area contributed by atoms with Crippen LogP contribution in [0.2, 0.25) is 0 Å². The van der Waals surface area contributed by atoms with Crippen LogP contribution in [-0.2, 0) is 19.1 Å². The molecule has 31 heavy (non-hydrogen) atoms. The molecule has 7 heteroatoms. The second kappa shape index (κ2) is 7.04. The maximum Gasteiger partial charge on any atom is 0.338 e. The lowest BCUT2D eigenvalue weighted by molar-refractivity contribution is -0.146. The SMILES string of the molecule is CC(C)OC(=O)c1ccc(NC(=O)C(C)N2C(=O)C3C4C=CC(C5CC45)C3C2=O)cc1. The zero-order chi connectivity index (χ0) is 22.0. The number of nitrogens with one attached hydrogen (secondary N) is 1. The van der Waals surface area contributed by atoms with E-state index in [1.54, 1.807) is 45.0 Å². The Bertz CT molecular complexity index is 962. The van der Waals surface area contributed by atoms with Gasteiger partial charge in [0.2, 0.25) is 17.7 Å². The van der Waals surface area contributed by atoms with Crippen LogP contribution < -0.4 is 5.32 Å². The average Bonchev–Trinajstić information content (AvgIpc) is 3.51. The standard InChI is InChI=1S/C24H26N2O5/c1-11(2)31-24(30)13-4-6-14(7-5-13)25-21(27)12(3)26-22(28)19-15-8-9-16(18-10-17(15)18)20(19)23(26)29/h4-9,11-12,15-20H,10H2,1-3H3,(H,25,27). The Balaban J connectivity index is 1.27. The molecule has 6 rings (SSSR count). The average molecular weight is 422 g/mol. The first-order valence-electron chi connectivity index (χ1n) is 10.9. The predicted molar refractivity (Wildman–Crippen MR) is 112 cm³/mol. The number of carbonyl (C=O) groups excluding carboxylic acids is 4. The third kappa shape index (κ3) is 3.09. The number of allylic oxidation sites excluding steroid dienone is 2. The highest BCUT2D eigenvalue weighted by Gasteiger charge is 2.67. The summed E-state index contributed by atoms with van der Waals surface area (Å²) in [5.41, 5.74) is 0.868. The van der Waals surface area contributed by atoms with E-state index < -0.39 is 17.9 Å². The number of nitrogens with zero attached hydrogens (tertiary/aromatic N) is 1. The zero-order valence-electron chi connectivity index (χ0n) is 17.8. The van der Waals surface area contributed by atoms with Gasteiger partial charge in [0.1, 0.15) is 6.04 Å². The van der Waals surface area contributed by atoms with Crippen LogP contribution in [0.25, 0.3) is 0 Å². The lowest BCUT2D eigenvalue weighted by Gasteiger charge is -2.37. The number of amides is 3. The molecule has 162 valence electrons. The molecule has 1 heterocycles. The topological polar surface area (TPSA) is 92.8 Å². The van der Waals surface area contributed by atoms with Gasteiger partial charge in [-0.2, -0.15) is 0 Å². The molecule has 0 aromatic heterocycles. The van der Waals surface area contributed by atoms with Crippen LogP contribution in [0.5, 0.6) is 0 Å². The van der Waals surface area contributed by atoms with Crippen LogP contribution >= 0.6 is 0 Å². The highest BCUT2D eigenvalue weighted by atomic mass is 16.5. The normalized spacial score (nSPS) is 33.2. The second-order valence-corrected chi connectivity index (χ2v) is 9.40. The van der Waals surface area contributed by atoms with Crippen LogP contribution in [0, 0.1) is 35.5 Å². The van der Waals surface area contributed by atoms with Crippen LogP contribution in [-0.4, -0.2) is 40.7 Å².